The SMILES string of the molecule is C[C@H](NC(=O)c1ccc(Cl)cc1)C(=O)OCc1ccc(Cl)cc1. The van der Waals surface area contributed by atoms with E-state index in [9.17, 15) is 9.59 Å². The predicted molar refractivity (Wildman–Crippen MR) is 89.6 cm³/mol. The maximum atomic E-state index is 12.0. The Balaban J connectivity index is 1.85. The summed E-state index contributed by atoms with van der Waals surface area (Å²) >= 11 is 11.6. The van der Waals surface area contributed by atoms with Crippen LogP contribution in [0.3, 0.4) is 0 Å². The van der Waals surface area contributed by atoms with Crippen molar-refractivity contribution in [2.45, 2.75) is 19.6 Å². The van der Waals surface area contributed by atoms with Crippen molar-refractivity contribution in [3.8, 4) is 0 Å². The summed E-state index contributed by atoms with van der Waals surface area (Å²) in [5, 5.41) is 3.74. The van der Waals surface area contributed by atoms with Gasteiger partial charge < -0.3 is 10.1 Å². The van der Waals surface area contributed by atoms with Gasteiger partial charge in [0.1, 0.15) is 12.6 Å². The predicted octanol–water partition coefficient (Wildman–Crippen LogP) is 3.86. The molecule has 4 nitrogen and oxygen atoms in total. The van der Waals surface area contributed by atoms with Gasteiger partial charge in [-0.1, -0.05) is 35.3 Å². The summed E-state index contributed by atoms with van der Waals surface area (Å²) in [7, 11) is 0. The molecule has 120 valence electrons. The van der Waals surface area contributed by atoms with E-state index in [4.69, 9.17) is 27.9 Å². The van der Waals surface area contributed by atoms with Gasteiger partial charge in [-0.25, -0.2) is 4.79 Å². The first kappa shape index (κ1) is 17.3. The van der Waals surface area contributed by atoms with Crippen molar-refractivity contribution in [1.29, 1.82) is 0 Å². The highest BCUT2D eigenvalue weighted by atomic mass is 35.5. The van der Waals surface area contributed by atoms with Crippen LogP contribution < -0.4 is 5.32 Å². The molecule has 6 heteroatoms. The quantitative estimate of drug-likeness (QED) is 0.832. The average molecular weight is 352 g/mol. The molecule has 0 bridgehead atoms. The highest BCUT2D eigenvalue weighted by molar-refractivity contribution is 6.30. The Kier molecular flexibility index (Phi) is 6.02. The molecule has 1 N–H and O–H groups in total. The van der Waals surface area contributed by atoms with Crippen LogP contribution in [0.25, 0.3) is 0 Å². The van der Waals surface area contributed by atoms with E-state index in [0.717, 1.165) is 5.56 Å². The molecule has 2 aromatic rings. The number of hydrogen-bond acceptors (Lipinski definition) is 3. The Labute approximate surface area is 144 Å². The van der Waals surface area contributed by atoms with Gasteiger partial charge in [0.05, 0.1) is 0 Å². The van der Waals surface area contributed by atoms with E-state index in [0.29, 0.717) is 15.6 Å². The minimum atomic E-state index is -0.759. The molecular formula is C17H15Cl2NO3. The van der Waals surface area contributed by atoms with Crippen LogP contribution in [-0.2, 0) is 16.1 Å². The van der Waals surface area contributed by atoms with E-state index in [1.165, 1.54) is 0 Å². The number of halogens is 2. The lowest BCUT2D eigenvalue weighted by Gasteiger charge is -2.13. The van der Waals surface area contributed by atoms with Crippen molar-refractivity contribution < 1.29 is 14.3 Å². The van der Waals surface area contributed by atoms with Crippen LogP contribution in [0.1, 0.15) is 22.8 Å². The molecule has 0 fully saturated rings. The number of hydrogen-bond donors (Lipinski definition) is 1. The average Bonchev–Trinajstić information content (AvgIpc) is 2.54. The molecule has 0 heterocycles. The first-order valence-electron chi connectivity index (χ1n) is 6.93. The van der Waals surface area contributed by atoms with Crippen molar-refractivity contribution in [1.82, 2.24) is 5.32 Å². The zero-order chi connectivity index (χ0) is 16.8. The van der Waals surface area contributed by atoms with Crippen molar-refractivity contribution in [3.05, 3.63) is 69.7 Å². The summed E-state index contributed by atoms with van der Waals surface area (Å²) in [6.07, 6.45) is 0. The first-order chi connectivity index (χ1) is 11.0. The minimum absolute atomic E-state index is 0.122. The van der Waals surface area contributed by atoms with E-state index in [1.54, 1.807) is 55.5 Å². The number of amides is 1. The van der Waals surface area contributed by atoms with Crippen molar-refractivity contribution >= 4 is 35.1 Å². The molecule has 0 saturated heterocycles. The summed E-state index contributed by atoms with van der Waals surface area (Å²) in [5.74, 6) is -0.875. The molecule has 1 atom stereocenters. The second kappa shape index (κ2) is 7.99. The lowest BCUT2D eigenvalue weighted by molar-refractivity contribution is -0.146. The van der Waals surface area contributed by atoms with Crippen LogP contribution in [0, 0.1) is 0 Å². The van der Waals surface area contributed by atoms with Gasteiger partial charge in [0.2, 0.25) is 0 Å². The first-order valence-corrected chi connectivity index (χ1v) is 7.69. The minimum Gasteiger partial charge on any atom is -0.459 e. The lowest BCUT2D eigenvalue weighted by Crippen LogP contribution is -2.39. The third-order valence-electron chi connectivity index (χ3n) is 3.10. The molecule has 0 aliphatic rings. The van der Waals surface area contributed by atoms with Gasteiger partial charge in [0.15, 0.2) is 0 Å². The lowest BCUT2D eigenvalue weighted by atomic mass is 10.2. The van der Waals surface area contributed by atoms with Crippen LogP contribution >= 0.6 is 23.2 Å². The summed E-state index contributed by atoms with van der Waals surface area (Å²) < 4.78 is 5.17. The zero-order valence-electron chi connectivity index (χ0n) is 12.4. The molecule has 0 spiro atoms. The third kappa shape index (κ3) is 5.27. The van der Waals surface area contributed by atoms with Gasteiger partial charge >= 0.3 is 5.97 Å². The van der Waals surface area contributed by atoms with Gasteiger partial charge in [-0.2, -0.15) is 0 Å². The Morgan fingerprint density at radius 2 is 1.52 bits per heavy atom. The maximum Gasteiger partial charge on any atom is 0.328 e. The van der Waals surface area contributed by atoms with Crippen molar-refractivity contribution in [2.75, 3.05) is 0 Å². The molecule has 0 saturated carbocycles. The molecule has 0 radical (unpaired) electrons. The van der Waals surface area contributed by atoms with Gasteiger partial charge in [-0.05, 0) is 48.9 Å². The Morgan fingerprint density at radius 3 is 2.09 bits per heavy atom. The molecule has 23 heavy (non-hydrogen) atoms. The largest absolute Gasteiger partial charge is 0.459 e. The summed E-state index contributed by atoms with van der Waals surface area (Å²) in [5.41, 5.74) is 1.24. The maximum absolute atomic E-state index is 12.0. The number of carbonyl (C=O) groups excluding carboxylic acids is 2. The van der Waals surface area contributed by atoms with E-state index in [1.807, 2.05) is 0 Å². The molecule has 2 rings (SSSR count). The second-order valence-electron chi connectivity index (χ2n) is 4.94. The number of ether oxygens (including phenoxy) is 1. The van der Waals surface area contributed by atoms with Gasteiger partial charge in [0.25, 0.3) is 5.91 Å². The molecule has 1 amide bonds. The standard InChI is InChI=1S/C17H15Cl2NO3/c1-11(20-16(21)13-4-8-15(19)9-5-13)17(22)23-10-12-2-6-14(18)7-3-12/h2-9,11H,10H2,1H3,(H,20,21)/t11-/m0/s1. The molecule has 0 aliphatic carbocycles. The van der Waals surface area contributed by atoms with Crippen LogP contribution in [0.15, 0.2) is 48.5 Å². The molecular weight excluding hydrogens is 337 g/mol. The fourth-order valence-corrected chi connectivity index (χ4v) is 2.05. The molecule has 0 aliphatic heterocycles. The third-order valence-corrected chi connectivity index (χ3v) is 3.61. The Morgan fingerprint density at radius 1 is 1.00 bits per heavy atom. The number of carbonyl (C=O) groups is 2. The Hall–Kier alpha value is -2.04. The molecule has 0 unspecified atom stereocenters. The van der Waals surface area contributed by atoms with Crippen LogP contribution in [0.2, 0.25) is 10.0 Å². The van der Waals surface area contributed by atoms with Crippen LogP contribution in [-0.4, -0.2) is 17.9 Å². The monoisotopic (exact) mass is 351 g/mol. The van der Waals surface area contributed by atoms with Crippen LogP contribution in [0.5, 0.6) is 0 Å². The number of rotatable bonds is 5. The van der Waals surface area contributed by atoms with Gasteiger partial charge in [-0.15, -0.1) is 0 Å². The highest BCUT2D eigenvalue weighted by Crippen LogP contribution is 2.11. The fraction of sp³-hybridized carbons (Fsp3) is 0.176. The Bertz CT molecular complexity index is 684. The molecule has 0 aromatic heterocycles. The van der Waals surface area contributed by atoms with Gasteiger partial charge in [0, 0.05) is 15.6 Å². The second-order valence-corrected chi connectivity index (χ2v) is 5.81. The van der Waals surface area contributed by atoms with E-state index in [2.05, 4.69) is 5.32 Å². The smallest absolute Gasteiger partial charge is 0.328 e. The zero-order valence-corrected chi connectivity index (χ0v) is 13.9. The van der Waals surface area contributed by atoms with Crippen molar-refractivity contribution in [3.63, 3.8) is 0 Å². The normalized spacial score (nSPS) is 11.6. The summed E-state index contributed by atoms with van der Waals surface area (Å²) in [6, 6.07) is 12.6. The van der Waals surface area contributed by atoms with Crippen molar-refractivity contribution in [2.24, 2.45) is 0 Å². The van der Waals surface area contributed by atoms with Crippen LogP contribution in [0.4, 0.5) is 0 Å². The number of benzene rings is 2. The highest BCUT2D eigenvalue weighted by Gasteiger charge is 2.18. The number of esters is 1. The fourth-order valence-electron chi connectivity index (χ4n) is 1.80. The molecule has 2 aromatic carbocycles. The van der Waals surface area contributed by atoms with Gasteiger partial charge in [-0.3, -0.25) is 4.79 Å². The summed E-state index contributed by atoms with van der Waals surface area (Å²) in [4.78, 5) is 23.9. The van der Waals surface area contributed by atoms with E-state index in [-0.39, 0.29) is 12.5 Å². The van der Waals surface area contributed by atoms with E-state index < -0.39 is 12.0 Å². The van der Waals surface area contributed by atoms with E-state index >= 15 is 0 Å². The number of nitrogens with one attached hydrogen (secondary N) is 1. The summed E-state index contributed by atoms with van der Waals surface area (Å²) in [6.45, 7) is 1.69. The topological polar surface area (TPSA) is 55.4 Å².